The molecule has 2 aromatic heterocycles. The van der Waals surface area contributed by atoms with E-state index in [2.05, 4.69) is 36.5 Å². The lowest BCUT2D eigenvalue weighted by Gasteiger charge is -2.13. The molecule has 0 spiro atoms. The van der Waals surface area contributed by atoms with Crippen LogP contribution in [0.4, 0.5) is 5.82 Å². The third-order valence-corrected chi connectivity index (χ3v) is 2.72. The summed E-state index contributed by atoms with van der Waals surface area (Å²) in [5.41, 5.74) is 0.684. The van der Waals surface area contributed by atoms with Crippen LogP contribution in [0.15, 0.2) is 23.2 Å². The van der Waals surface area contributed by atoms with E-state index in [1.54, 1.807) is 26.4 Å². The second-order valence-corrected chi connectivity index (χ2v) is 4.36. The number of rotatable bonds is 3. The van der Waals surface area contributed by atoms with Gasteiger partial charge in [-0.05, 0) is 22.9 Å². The molecule has 2 aromatic rings. The van der Waals surface area contributed by atoms with Gasteiger partial charge in [-0.1, -0.05) is 0 Å². The van der Waals surface area contributed by atoms with Gasteiger partial charge in [-0.15, -0.1) is 0 Å². The minimum absolute atomic E-state index is 0.100. The lowest BCUT2D eigenvalue weighted by atomic mass is 10.3. The molecule has 90 valence electrons. The molecular formula is C10H12BrN5O. The lowest BCUT2D eigenvalue weighted by Crippen LogP contribution is -2.35. The van der Waals surface area contributed by atoms with Crippen LogP contribution < -0.4 is 10.6 Å². The van der Waals surface area contributed by atoms with Gasteiger partial charge in [-0.3, -0.25) is 4.79 Å². The highest BCUT2D eigenvalue weighted by atomic mass is 79.9. The summed E-state index contributed by atoms with van der Waals surface area (Å²) in [6.07, 6.45) is 5.30. The standard InChI is InChI=1S/C10H12BrN5O/c1-6(10(17)12-2)14-8-9-13-3-4-16(9)5-7(11)15-8/h3-6H,1-2H3,(H,12,17)(H,14,15). The molecule has 2 rings (SSSR count). The average Bonchev–Trinajstić information content (AvgIpc) is 2.75. The summed E-state index contributed by atoms with van der Waals surface area (Å²) in [6, 6.07) is -0.373. The Morgan fingerprint density at radius 3 is 3.06 bits per heavy atom. The summed E-state index contributed by atoms with van der Waals surface area (Å²) in [7, 11) is 1.60. The molecule has 17 heavy (non-hydrogen) atoms. The molecule has 0 aromatic carbocycles. The molecule has 0 aliphatic carbocycles. The van der Waals surface area contributed by atoms with Gasteiger partial charge in [0, 0.05) is 25.6 Å². The number of likely N-dealkylation sites (N-methyl/N-ethyl adjacent to an activating group) is 1. The molecule has 0 aliphatic heterocycles. The van der Waals surface area contributed by atoms with E-state index in [0.717, 1.165) is 0 Å². The summed E-state index contributed by atoms with van der Waals surface area (Å²) >= 11 is 3.31. The molecule has 1 amide bonds. The molecule has 7 heteroatoms. The van der Waals surface area contributed by atoms with Crippen LogP contribution in [0, 0.1) is 0 Å². The van der Waals surface area contributed by atoms with Crippen LogP contribution >= 0.6 is 15.9 Å². The third kappa shape index (κ3) is 2.38. The molecule has 1 atom stereocenters. The Morgan fingerprint density at radius 1 is 1.59 bits per heavy atom. The summed E-state index contributed by atoms with van der Waals surface area (Å²) in [6.45, 7) is 1.76. The van der Waals surface area contributed by atoms with Crippen LogP contribution in [0.5, 0.6) is 0 Å². The van der Waals surface area contributed by atoms with Crippen LogP contribution in [0.3, 0.4) is 0 Å². The molecule has 0 radical (unpaired) electrons. The highest BCUT2D eigenvalue weighted by molar-refractivity contribution is 9.10. The maximum atomic E-state index is 11.4. The van der Waals surface area contributed by atoms with Gasteiger partial charge >= 0.3 is 0 Å². The number of amides is 1. The van der Waals surface area contributed by atoms with E-state index >= 15 is 0 Å². The van der Waals surface area contributed by atoms with Crippen LogP contribution in [0.2, 0.25) is 0 Å². The first-order chi connectivity index (χ1) is 8.11. The summed E-state index contributed by atoms with van der Waals surface area (Å²) < 4.78 is 2.50. The monoisotopic (exact) mass is 297 g/mol. The first-order valence-electron chi connectivity index (χ1n) is 5.09. The molecule has 1 unspecified atom stereocenters. The second-order valence-electron chi connectivity index (χ2n) is 3.55. The van der Waals surface area contributed by atoms with E-state index in [-0.39, 0.29) is 11.9 Å². The van der Waals surface area contributed by atoms with Crippen molar-refractivity contribution in [2.75, 3.05) is 12.4 Å². The molecule has 0 bridgehead atoms. The zero-order chi connectivity index (χ0) is 12.4. The number of nitrogens with zero attached hydrogens (tertiary/aromatic N) is 3. The Balaban J connectivity index is 2.34. The van der Waals surface area contributed by atoms with E-state index in [0.29, 0.717) is 16.1 Å². The third-order valence-electron chi connectivity index (χ3n) is 2.34. The molecule has 2 N–H and O–H groups in total. The van der Waals surface area contributed by atoms with Crippen molar-refractivity contribution in [3.63, 3.8) is 0 Å². The van der Waals surface area contributed by atoms with Crippen molar-refractivity contribution >= 4 is 33.3 Å². The number of carbonyl (C=O) groups is 1. The number of carbonyl (C=O) groups excluding carboxylic acids is 1. The van der Waals surface area contributed by atoms with Gasteiger partial charge in [0.1, 0.15) is 10.6 Å². The molecular weight excluding hydrogens is 286 g/mol. The number of nitrogens with one attached hydrogen (secondary N) is 2. The van der Waals surface area contributed by atoms with Crippen molar-refractivity contribution in [1.29, 1.82) is 0 Å². The quantitative estimate of drug-likeness (QED) is 0.888. The van der Waals surface area contributed by atoms with Gasteiger partial charge in [0.15, 0.2) is 11.5 Å². The predicted octanol–water partition coefficient (Wildman–Crippen LogP) is 1.04. The van der Waals surface area contributed by atoms with Gasteiger partial charge in [0.2, 0.25) is 5.91 Å². The Bertz CT molecular complexity index is 553. The average molecular weight is 298 g/mol. The summed E-state index contributed by atoms with van der Waals surface area (Å²) in [5, 5.41) is 5.60. The topological polar surface area (TPSA) is 71.3 Å². The second kappa shape index (κ2) is 4.70. The van der Waals surface area contributed by atoms with Crippen LogP contribution in [-0.4, -0.2) is 33.4 Å². The number of hydrogen-bond acceptors (Lipinski definition) is 4. The van der Waals surface area contributed by atoms with Crippen molar-refractivity contribution in [1.82, 2.24) is 19.7 Å². The summed E-state index contributed by atoms with van der Waals surface area (Å²) in [4.78, 5) is 19.9. The molecule has 6 nitrogen and oxygen atoms in total. The maximum absolute atomic E-state index is 11.4. The number of imidazole rings is 1. The molecule has 0 saturated carbocycles. The first kappa shape index (κ1) is 11.8. The highest BCUT2D eigenvalue weighted by Crippen LogP contribution is 2.17. The maximum Gasteiger partial charge on any atom is 0.241 e. The number of aromatic nitrogens is 3. The Hall–Kier alpha value is -1.63. The molecule has 0 saturated heterocycles. The zero-order valence-electron chi connectivity index (χ0n) is 9.44. The van der Waals surface area contributed by atoms with E-state index in [9.17, 15) is 4.79 Å². The normalized spacial score (nSPS) is 12.4. The predicted molar refractivity (Wildman–Crippen MR) is 67.8 cm³/mol. The number of halogens is 1. The fourth-order valence-corrected chi connectivity index (χ4v) is 1.88. The van der Waals surface area contributed by atoms with Gasteiger partial charge in [-0.25, -0.2) is 9.97 Å². The van der Waals surface area contributed by atoms with Gasteiger partial charge in [0.05, 0.1) is 0 Å². The molecule has 2 heterocycles. The number of fused-ring (bicyclic) bond motifs is 1. The minimum Gasteiger partial charge on any atom is -0.357 e. The van der Waals surface area contributed by atoms with Crippen LogP contribution in [0.1, 0.15) is 6.92 Å². The van der Waals surface area contributed by atoms with Crippen molar-refractivity contribution in [2.45, 2.75) is 13.0 Å². The van der Waals surface area contributed by atoms with Crippen molar-refractivity contribution < 1.29 is 4.79 Å². The highest BCUT2D eigenvalue weighted by Gasteiger charge is 2.14. The largest absolute Gasteiger partial charge is 0.357 e. The van der Waals surface area contributed by atoms with Gasteiger partial charge in [-0.2, -0.15) is 0 Å². The smallest absolute Gasteiger partial charge is 0.241 e. The fourth-order valence-electron chi connectivity index (χ4n) is 1.49. The first-order valence-corrected chi connectivity index (χ1v) is 5.88. The van der Waals surface area contributed by atoms with E-state index in [1.807, 2.05) is 10.6 Å². The SMILES string of the molecule is CNC(=O)C(C)Nc1nc(Br)cn2ccnc12. The van der Waals surface area contributed by atoms with Crippen molar-refractivity contribution in [3.05, 3.63) is 23.2 Å². The zero-order valence-corrected chi connectivity index (χ0v) is 11.0. The van der Waals surface area contributed by atoms with Crippen LogP contribution in [0.25, 0.3) is 5.65 Å². The van der Waals surface area contributed by atoms with Crippen LogP contribution in [-0.2, 0) is 4.79 Å². The van der Waals surface area contributed by atoms with Crippen molar-refractivity contribution in [3.8, 4) is 0 Å². The van der Waals surface area contributed by atoms with E-state index in [4.69, 9.17) is 0 Å². The lowest BCUT2D eigenvalue weighted by molar-refractivity contribution is -0.121. The Kier molecular flexibility index (Phi) is 3.28. The van der Waals surface area contributed by atoms with Gasteiger partial charge < -0.3 is 15.0 Å². The fraction of sp³-hybridized carbons (Fsp3) is 0.300. The van der Waals surface area contributed by atoms with E-state index < -0.39 is 0 Å². The Labute approximate surface area is 107 Å². The van der Waals surface area contributed by atoms with E-state index in [1.165, 1.54) is 0 Å². The molecule has 0 fully saturated rings. The number of hydrogen-bond donors (Lipinski definition) is 2. The summed E-state index contributed by atoms with van der Waals surface area (Å²) in [5.74, 6) is 0.469. The van der Waals surface area contributed by atoms with Gasteiger partial charge in [0.25, 0.3) is 0 Å². The minimum atomic E-state index is -0.373. The van der Waals surface area contributed by atoms with Crippen molar-refractivity contribution in [2.24, 2.45) is 0 Å². The molecule has 0 aliphatic rings. The Morgan fingerprint density at radius 2 is 2.35 bits per heavy atom. The number of anilines is 1.